The van der Waals surface area contributed by atoms with Crippen LogP contribution in [0, 0.1) is 0 Å². The molecule has 0 saturated carbocycles. The molecule has 2 N–H and O–H groups in total. The van der Waals surface area contributed by atoms with E-state index in [2.05, 4.69) is 41.6 Å². The summed E-state index contributed by atoms with van der Waals surface area (Å²) in [5.41, 5.74) is 3.25. The molecule has 0 aliphatic heterocycles. The maximum Gasteiger partial charge on any atom is 0.0914 e. The molecular formula is C19H23N3O. The SMILES string of the molecule is CCc1nn(C)cc1CNCC(O)c1ccc2ccccc2c1. The first kappa shape index (κ1) is 15.7. The number of aliphatic hydroxyl groups is 1. The zero-order valence-corrected chi connectivity index (χ0v) is 13.7. The molecule has 2 aromatic carbocycles. The van der Waals surface area contributed by atoms with Gasteiger partial charge in [0.05, 0.1) is 11.8 Å². The Hall–Kier alpha value is -2.17. The summed E-state index contributed by atoms with van der Waals surface area (Å²) in [7, 11) is 1.94. The van der Waals surface area contributed by atoms with E-state index in [1.54, 1.807) is 0 Å². The zero-order valence-electron chi connectivity index (χ0n) is 13.7. The minimum Gasteiger partial charge on any atom is -0.387 e. The minimum atomic E-state index is -0.513. The van der Waals surface area contributed by atoms with Gasteiger partial charge in [-0.25, -0.2) is 0 Å². The fourth-order valence-electron chi connectivity index (χ4n) is 2.91. The van der Waals surface area contributed by atoms with Crippen molar-refractivity contribution in [3.63, 3.8) is 0 Å². The Morgan fingerprint density at radius 2 is 1.96 bits per heavy atom. The molecule has 0 saturated heterocycles. The van der Waals surface area contributed by atoms with Crippen LogP contribution in [0.3, 0.4) is 0 Å². The van der Waals surface area contributed by atoms with Crippen LogP contribution in [-0.2, 0) is 20.0 Å². The summed E-state index contributed by atoms with van der Waals surface area (Å²) < 4.78 is 1.84. The van der Waals surface area contributed by atoms with Crippen LogP contribution in [0.1, 0.15) is 29.8 Å². The van der Waals surface area contributed by atoms with E-state index in [0.29, 0.717) is 6.54 Å². The average molecular weight is 309 g/mol. The van der Waals surface area contributed by atoms with Crippen LogP contribution in [0.2, 0.25) is 0 Å². The number of nitrogens with one attached hydrogen (secondary N) is 1. The first-order chi connectivity index (χ1) is 11.2. The van der Waals surface area contributed by atoms with Crippen molar-refractivity contribution in [1.82, 2.24) is 15.1 Å². The van der Waals surface area contributed by atoms with E-state index in [9.17, 15) is 5.11 Å². The highest BCUT2D eigenvalue weighted by Crippen LogP contribution is 2.20. The summed E-state index contributed by atoms with van der Waals surface area (Å²) >= 11 is 0. The number of aliphatic hydroxyl groups excluding tert-OH is 1. The molecule has 3 aromatic rings. The van der Waals surface area contributed by atoms with E-state index in [0.717, 1.165) is 29.6 Å². The number of nitrogens with zero attached hydrogens (tertiary/aromatic N) is 2. The first-order valence-corrected chi connectivity index (χ1v) is 8.06. The van der Waals surface area contributed by atoms with Crippen molar-refractivity contribution in [1.29, 1.82) is 0 Å². The van der Waals surface area contributed by atoms with E-state index >= 15 is 0 Å². The lowest BCUT2D eigenvalue weighted by Gasteiger charge is -2.13. The summed E-state index contributed by atoms with van der Waals surface area (Å²) in [5, 5.41) is 20.5. The Morgan fingerprint density at radius 3 is 2.74 bits per heavy atom. The normalized spacial score (nSPS) is 12.7. The number of rotatable bonds is 6. The second-order valence-corrected chi connectivity index (χ2v) is 5.88. The third kappa shape index (κ3) is 3.60. The summed E-state index contributed by atoms with van der Waals surface area (Å²) in [6, 6.07) is 14.3. The van der Waals surface area contributed by atoms with Crippen LogP contribution in [-0.4, -0.2) is 21.4 Å². The monoisotopic (exact) mass is 309 g/mol. The van der Waals surface area contributed by atoms with Crippen molar-refractivity contribution in [2.24, 2.45) is 7.05 Å². The van der Waals surface area contributed by atoms with Gasteiger partial charge in [-0.1, -0.05) is 43.3 Å². The maximum atomic E-state index is 10.4. The average Bonchev–Trinajstić information content (AvgIpc) is 2.94. The number of hydrogen-bond donors (Lipinski definition) is 2. The van der Waals surface area contributed by atoms with Crippen LogP contribution in [0.5, 0.6) is 0 Å². The first-order valence-electron chi connectivity index (χ1n) is 8.06. The highest BCUT2D eigenvalue weighted by atomic mass is 16.3. The van der Waals surface area contributed by atoms with Gasteiger partial charge in [-0.2, -0.15) is 5.10 Å². The van der Waals surface area contributed by atoms with Gasteiger partial charge >= 0.3 is 0 Å². The van der Waals surface area contributed by atoms with Crippen LogP contribution in [0.15, 0.2) is 48.7 Å². The molecule has 1 unspecified atom stereocenters. The van der Waals surface area contributed by atoms with Gasteiger partial charge in [-0.05, 0) is 28.8 Å². The highest BCUT2D eigenvalue weighted by molar-refractivity contribution is 5.83. The Bertz CT molecular complexity index is 794. The number of fused-ring (bicyclic) bond motifs is 1. The van der Waals surface area contributed by atoms with E-state index < -0.39 is 6.10 Å². The smallest absolute Gasteiger partial charge is 0.0914 e. The van der Waals surface area contributed by atoms with E-state index in [1.165, 1.54) is 10.9 Å². The quantitative estimate of drug-likeness (QED) is 0.736. The summed E-state index contributed by atoms with van der Waals surface area (Å²) in [5.74, 6) is 0. The van der Waals surface area contributed by atoms with Crippen molar-refractivity contribution in [3.05, 3.63) is 65.5 Å². The molecule has 0 bridgehead atoms. The second-order valence-electron chi connectivity index (χ2n) is 5.88. The Balaban J connectivity index is 1.62. The molecule has 0 aliphatic rings. The molecular weight excluding hydrogens is 286 g/mol. The van der Waals surface area contributed by atoms with Gasteiger partial charge in [-0.3, -0.25) is 4.68 Å². The molecule has 23 heavy (non-hydrogen) atoms. The lowest BCUT2D eigenvalue weighted by molar-refractivity contribution is 0.174. The molecule has 0 spiro atoms. The van der Waals surface area contributed by atoms with E-state index in [-0.39, 0.29) is 0 Å². The molecule has 0 radical (unpaired) electrons. The van der Waals surface area contributed by atoms with Gasteiger partial charge in [0.15, 0.2) is 0 Å². The molecule has 4 nitrogen and oxygen atoms in total. The van der Waals surface area contributed by atoms with Gasteiger partial charge < -0.3 is 10.4 Å². The molecule has 0 aliphatic carbocycles. The van der Waals surface area contributed by atoms with Crippen molar-refractivity contribution >= 4 is 10.8 Å². The Morgan fingerprint density at radius 1 is 1.17 bits per heavy atom. The van der Waals surface area contributed by atoms with Crippen molar-refractivity contribution in [2.45, 2.75) is 26.0 Å². The Labute approximate surface area is 136 Å². The van der Waals surface area contributed by atoms with Crippen LogP contribution in [0.4, 0.5) is 0 Å². The van der Waals surface area contributed by atoms with Gasteiger partial charge in [0.1, 0.15) is 0 Å². The Kier molecular flexibility index (Phi) is 4.74. The predicted octanol–water partition coefficient (Wildman–Crippen LogP) is 2.96. The highest BCUT2D eigenvalue weighted by Gasteiger charge is 2.10. The van der Waals surface area contributed by atoms with Crippen molar-refractivity contribution in [3.8, 4) is 0 Å². The molecule has 0 fully saturated rings. The van der Waals surface area contributed by atoms with Gasteiger partial charge in [0, 0.05) is 31.9 Å². The molecule has 1 aromatic heterocycles. The van der Waals surface area contributed by atoms with Gasteiger partial charge in [-0.15, -0.1) is 0 Å². The summed E-state index contributed by atoms with van der Waals surface area (Å²) in [6.45, 7) is 3.35. The molecule has 0 amide bonds. The van der Waals surface area contributed by atoms with Crippen LogP contribution in [0.25, 0.3) is 10.8 Å². The topological polar surface area (TPSA) is 50.1 Å². The standard InChI is InChI=1S/C19H23N3O/c1-3-18-17(13-22(2)21-18)11-20-12-19(23)16-9-8-14-6-4-5-7-15(14)10-16/h4-10,13,19-20,23H,3,11-12H2,1-2H3. The number of aryl methyl sites for hydroxylation is 2. The predicted molar refractivity (Wildman–Crippen MR) is 93.2 cm³/mol. The molecule has 1 atom stereocenters. The van der Waals surface area contributed by atoms with Crippen LogP contribution >= 0.6 is 0 Å². The van der Waals surface area contributed by atoms with Crippen molar-refractivity contribution in [2.75, 3.05) is 6.54 Å². The fraction of sp³-hybridized carbons (Fsp3) is 0.316. The zero-order chi connectivity index (χ0) is 16.2. The second kappa shape index (κ2) is 6.94. The lowest BCUT2D eigenvalue weighted by atomic mass is 10.0. The van der Waals surface area contributed by atoms with E-state index in [1.807, 2.05) is 36.1 Å². The minimum absolute atomic E-state index is 0.513. The molecule has 4 heteroatoms. The third-order valence-electron chi connectivity index (χ3n) is 4.14. The summed E-state index contributed by atoms with van der Waals surface area (Å²) in [6.07, 6.45) is 2.45. The maximum absolute atomic E-state index is 10.4. The summed E-state index contributed by atoms with van der Waals surface area (Å²) in [4.78, 5) is 0. The number of hydrogen-bond acceptors (Lipinski definition) is 3. The third-order valence-corrected chi connectivity index (χ3v) is 4.14. The number of aromatic nitrogens is 2. The lowest BCUT2D eigenvalue weighted by Crippen LogP contribution is -2.21. The fourth-order valence-corrected chi connectivity index (χ4v) is 2.91. The molecule has 3 rings (SSSR count). The van der Waals surface area contributed by atoms with Crippen LogP contribution < -0.4 is 5.32 Å². The van der Waals surface area contributed by atoms with Crippen molar-refractivity contribution < 1.29 is 5.11 Å². The number of benzene rings is 2. The van der Waals surface area contributed by atoms with Gasteiger partial charge in [0.2, 0.25) is 0 Å². The largest absolute Gasteiger partial charge is 0.387 e. The van der Waals surface area contributed by atoms with E-state index in [4.69, 9.17) is 0 Å². The van der Waals surface area contributed by atoms with Gasteiger partial charge in [0.25, 0.3) is 0 Å². The molecule has 1 heterocycles. The molecule has 120 valence electrons.